The average molecular weight is 539 g/mol. The summed E-state index contributed by atoms with van der Waals surface area (Å²) in [6.07, 6.45) is -0.654. The second-order valence-corrected chi connectivity index (χ2v) is 9.26. The Bertz CT molecular complexity index is 950. The average Bonchev–Trinajstić information content (AvgIpc) is 2.81. The molecule has 0 aromatic heterocycles. The topological polar surface area (TPSA) is 163 Å². The number of nitrogens with one attached hydrogen (secondary N) is 3. The molecule has 12 nitrogen and oxygen atoms in total. The number of rotatable bonds is 15. The smallest absolute Gasteiger partial charge is 0.407 e. The first kappa shape index (κ1) is 31.4. The van der Waals surface area contributed by atoms with E-state index < -0.39 is 42.6 Å². The molecule has 0 saturated carbocycles. The molecule has 0 radical (unpaired) electrons. The Morgan fingerprint density at radius 3 is 2.27 bits per heavy atom. The van der Waals surface area contributed by atoms with Gasteiger partial charge in [-0.3, -0.25) is 19.2 Å². The van der Waals surface area contributed by atoms with Crippen LogP contribution in [0.5, 0.6) is 0 Å². The molecule has 37 heavy (non-hydrogen) atoms. The molecule has 13 heteroatoms. The van der Waals surface area contributed by atoms with Crippen molar-refractivity contribution in [3.8, 4) is 0 Å². The van der Waals surface area contributed by atoms with E-state index in [0.717, 1.165) is 4.90 Å². The van der Waals surface area contributed by atoms with Gasteiger partial charge >= 0.3 is 12.1 Å². The van der Waals surface area contributed by atoms with Gasteiger partial charge in [0.25, 0.3) is 0 Å². The molecule has 0 saturated heterocycles. The summed E-state index contributed by atoms with van der Waals surface area (Å²) >= 11 is 5.09. The maximum absolute atomic E-state index is 12.4. The summed E-state index contributed by atoms with van der Waals surface area (Å²) in [6, 6.07) is 8.59. The normalized spacial score (nSPS) is 10.7. The number of amides is 3. The second kappa shape index (κ2) is 16.2. The molecular formula is C24H34N4O8S. The van der Waals surface area contributed by atoms with Crippen molar-refractivity contribution in [1.29, 1.82) is 0 Å². The van der Waals surface area contributed by atoms with Gasteiger partial charge in [0.1, 0.15) is 12.1 Å². The third-order valence-corrected chi connectivity index (χ3v) is 4.69. The molecule has 0 aliphatic heterocycles. The lowest BCUT2D eigenvalue weighted by Gasteiger charge is -2.21. The van der Waals surface area contributed by atoms with Crippen molar-refractivity contribution in [1.82, 2.24) is 20.9 Å². The first-order chi connectivity index (χ1) is 17.4. The van der Waals surface area contributed by atoms with Gasteiger partial charge in [-0.15, -0.1) is 0 Å². The molecule has 1 rings (SSSR count). The maximum atomic E-state index is 12.4. The van der Waals surface area contributed by atoms with Gasteiger partial charge in [0.05, 0.1) is 37.7 Å². The number of ketones is 1. The van der Waals surface area contributed by atoms with E-state index in [2.05, 4.69) is 16.0 Å². The summed E-state index contributed by atoms with van der Waals surface area (Å²) in [7, 11) is 0. The monoisotopic (exact) mass is 538 g/mol. The number of Topliss-reactive ketones (excluding diaryl/α,β-unsaturated/α-hetero) is 1. The largest absolute Gasteiger partial charge is 0.480 e. The number of carboxylic acids is 1. The van der Waals surface area contributed by atoms with Crippen LogP contribution in [0.4, 0.5) is 4.79 Å². The van der Waals surface area contributed by atoms with Gasteiger partial charge < -0.3 is 35.4 Å². The molecule has 0 aliphatic rings. The fraction of sp³-hybridized carbons (Fsp3) is 0.500. The molecule has 0 spiro atoms. The molecule has 0 atom stereocenters. The predicted octanol–water partition coefficient (Wildman–Crippen LogP) is 0.747. The third-order valence-electron chi connectivity index (χ3n) is 4.40. The molecule has 0 fully saturated rings. The molecule has 204 valence electrons. The first-order valence-corrected chi connectivity index (χ1v) is 11.9. The third kappa shape index (κ3) is 15.2. The molecule has 0 bridgehead atoms. The highest BCUT2D eigenvalue weighted by molar-refractivity contribution is 7.80. The van der Waals surface area contributed by atoms with Crippen molar-refractivity contribution in [2.45, 2.75) is 32.8 Å². The van der Waals surface area contributed by atoms with E-state index >= 15 is 0 Å². The van der Waals surface area contributed by atoms with Crippen LogP contribution in [0, 0.1) is 0 Å². The molecule has 0 aliphatic carbocycles. The van der Waals surface area contributed by atoms with E-state index in [9.17, 15) is 24.0 Å². The Morgan fingerprint density at radius 1 is 0.973 bits per heavy atom. The van der Waals surface area contributed by atoms with Gasteiger partial charge in [-0.2, -0.15) is 0 Å². The van der Waals surface area contributed by atoms with E-state index in [1.54, 1.807) is 51.1 Å². The number of hydrogen-bond donors (Lipinski definition) is 4. The number of nitrogens with zero attached hydrogens (tertiary/aromatic N) is 1. The number of carbonyl (C=O) groups excluding carboxylic acids is 4. The van der Waals surface area contributed by atoms with Crippen LogP contribution in [0.3, 0.4) is 0 Å². The van der Waals surface area contributed by atoms with Crippen LogP contribution in [0.15, 0.2) is 30.3 Å². The van der Waals surface area contributed by atoms with Crippen molar-refractivity contribution in [3.63, 3.8) is 0 Å². The Kier molecular flexibility index (Phi) is 13.8. The van der Waals surface area contributed by atoms with Crippen LogP contribution < -0.4 is 16.0 Å². The van der Waals surface area contributed by atoms with E-state index in [-0.39, 0.29) is 50.0 Å². The quantitative estimate of drug-likeness (QED) is 0.142. The lowest BCUT2D eigenvalue weighted by atomic mass is 10.1. The minimum Gasteiger partial charge on any atom is -0.480 e. The summed E-state index contributed by atoms with van der Waals surface area (Å²) in [5, 5.41) is 16.6. The highest BCUT2D eigenvalue weighted by atomic mass is 32.1. The number of carbonyl (C=O) groups is 5. The van der Waals surface area contributed by atoms with E-state index in [4.69, 9.17) is 26.8 Å². The highest BCUT2D eigenvalue weighted by Crippen LogP contribution is 2.06. The molecule has 0 heterocycles. The van der Waals surface area contributed by atoms with Crippen LogP contribution in [0.25, 0.3) is 0 Å². The van der Waals surface area contributed by atoms with Crippen molar-refractivity contribution in [2.24, 2.45) is 0 Å². The highest BCUT2D eigenvalue weighted by Gasteiger charge is 2.18. The molecule has 1 aromatic rings. The number of alkyl carbamates (subject to hydrolysis) is 1. The van der Waals surface area contributed by atoms with E-state index in [1.807, 2.05) is 0 Å². The van der Waals surface area contributed by atoms with Gasteiger partial charge in [0.2, 0.25) is 11.8 Å². The van der Waals surface area contributed by atoms with Gasteiger partial charge in [0, 0.05) is 18.7 Å². The summed E-state index contributed by atoms with van der Waals surface area (Å²) in [4.78, 5) is 60.5. The molecule has 3 amide bonds. The Morgan fingerprint density at radius 2 is 1.65 bits per heavy atom. The number of ether oxygens (including phenoxy) is 2. The first-order valence-electron chi connectivity index (χ1n) is 11.5. The van der Waals surface area contributed by atoms with Crippen LogP contribution in [0.1, 0.15) is 37.6 Å². The van der Waals surface area contributed by atoms with Gasteiger partial charge in [-0.1, -0.05) is 42.5 Å². The summed E-state index contributed by atoms with van der Waals surface area (Å²) < 4.78 is 10.4. The molecule has 4 N–H and O–H groups in total. The van der Waals surface area contributed by atoms with E-state index in [0.29, 0.717) is 5.56 Å². The van der Waals surface area contributed by atoms with Crippen LogP contribution in [0.2, 0.25) is 0 Å². The van der Waals surface area contributed by atoms with Crippen LogP contribution in [-0.2, 0) is 23.9 Å². The van der Waals surface area contributed by atoms with Crippen molar-refractivity contribution < 1.29 is 38.6 Å². The SMILES string of the molecule is CC(C)(C)OC(=O)NCCOCCN(CC(=O)O)C(=O)CNC(=O)CNC(=S)CC(=O)c1ccccc1. The summed E-state index contributed by atoms with van der Waals surface area (Å²) in [6.45, 7) is 4.25. The Hall–Kier alpha value is -3.58. The van der Waals surface area contributed by atoms with Crippen LogP contribution >= 0.6 is 12.2 Å². The Labute approximate surface area is 221 Å². The number of thiocarbonyl (C=S) groups is 1. The number of hydrogen-bond acceptors (Lipinski definition) is 8. The van der Waals surface area contributed by atoms with Gasteiger partial charge in [0.15, 0.2) is 5.78 Å². The summed E-state index contributed by atoms with van der Waals surface area (Å²) in [5.74, 6) is -2.59. The second-order valence-electron chi connectivity index (χ2n) is 8.77. The van der Waals surface area contributed by atoms with Crippen molar-refractivity contribution in [3.05, 3.63) is 35.9 Å². The summed E-state index contributed by atoms with van der Waals surface area (Å²) in [5.41, 5.74) is -0.120. The fourth-order valence-electron chi connectivity index (χ4n) is 2.73. The molecule has 0 unspecified atom stereocenters. The number of carboxylic acid groups (broad SMARTS) is 1. The van der Waals surface area contributed by atoms with Crippen molar-refractivity contribution >= 4 is 46.9 Å². The minimum absolute atomic E-state index is 0.0221. The lowest BCUT2D eigenvalue weighted by molar-refractivity contribution is -0.144. The van der Waals surface area contributed by atoms with Crippen LogP contribution in [-0.4, -0.2) is 96.2 Å². The molecule has 1 aromatic carbocycles. The maximum Gasteiger partial charge on any atom is 0.407 e. The predicted molar refractivity (Wildman–Crippen MR) is 138 cm³/mol. The Balaban J connectivity index is 2.32. The fourth-order valence-corrected chi connectivity index (χ4v) is 2.94. The molecular weight excluding hydrogens is 504 g/mol. The standard InChI is InChI=1S/C24H34N4O8S/c1-24(2,3)36-23(34)25-9-11-35-12-10-28(16-22(32)33)21(31)15-26-19(30)14-27-20(37)13-18(29)17-7-5-4-6-8-17/h4-8H,9-16H2,1-3H3,(H,25,34)(H,26,30)(H,27,37)(H,32,33). The zero-order chi connectivity index (χ0) is 27.8. The zero-order valence-electron chi connectivity index (χ0n) is 21.2. The zero-order valence-corrected chi connectivity index (χ0v) is 22.0. The lowest BCUT2D eigenvalue weighted by Crippen LogP contribution is -2.46. The van der Waals surface area contributed by atoms with Gasteiger partial charge in [-0.25, -0.2) is 4.79 Å². The number of aliphatic carboxylic acids is 1. The van der Waals surface area contributed by atoms with Crippen molar-refractivity contribution in [2.75, 3.05) is 45.9 Å². The number of benzene rings is 1. The van der Waals surface area contributed by atoms with E-state index in [1.165, 1.54) is 0 Å². The van der Waals surface area contributed by atoms with Gasteiger partial charge in [-0.05, 0) is 20.8 Å². The minimum atomic E-state index is -1.22.